The molecule has 2 aliphatic carbocycles. The van der Waals surface area contributed by atoms with Crippen LogP contribution in [0.25, 0.3) is 0 Å². The summed E-state index contributed by atoms with van der Waals surface area (Å²) in [5.41, 5.74) is 4.41. The van der Waals surface area contributed by atoms with Gasteiger partial charge in [0, 0.05) is 52.9 Å². The molecule has 6 nitrogen and oxygen atoms in total. The summed E-state index contributed by atoms with van der Waals surface area (Å²) < 4.78 is 31.8. The summed E-state index contributed by atoms with van der Waals surface area (Å²) in [7, 11) is -4.14. The molecule has 0 radical (unpaired) electrons. The van der Waals surface area contributed by atoms with E-state index in [9.17, 15) is 18.0 Å². The molecule has 0 saturated heterocycles. The summed E-state index contributed by atoms with van der Waals surface area (Å²) >= 11 is 5.95. The number of benzene rings is 3. The second-order valence-electron chi connectivity index (χ2n) is 13.7. The number of carbonyl (C=O) groups excluding carboxylic acids is 2. The molecule has 0 unspecified atom stereocenters. The predicted octanol–water partition coefficient (Wildman–Crippen LogP) is 7.99. The monoisotopic (exact) mass is 629 g/mol. The molecule has 0 amide bonds. The topological polar surface area (TPSA) is 80.8 Å². The Morgan fingerprint density at radius 1 is 0.773 bits per heavy atom. The minimum absolute atomic E-state index is 0.0172. The molecular weight excluding hydrogens is 594 g/mol. The summed E-state index contributed by atoms with van der Waals surface area (Å²) in [6.45, 7) is 9.00. The first-order valence-electron chi connectivity index (χ1n) is 14.9. The molecule has 0 bridgehead atoms. The van der Waals surface area contributed by atoms with Crippen molar-refractivity contribution < 1.29 is 22.2 Å². The first-order valence-corrected chi connectivity index (χ1v) is 16.7. The third-order valence-corrected chi connectivity index (χ3v) is 10.2. The van der Waals surface area contributed by atoms with Crippen LogP contribution < -0.4 is 4.18 Å². The van der Waals surface area contributed by atoms with Crippen molar-refractivity contribution in [2.24, 2.45) is 10.8 Å². The van der Waals surface area contributed by atoms with E-state index in [1.165, 1.54) is 24.3 Å². The van der Waals surface area contributed by atoms with Crippen molar-refractivity contribution in [3.63, 3.8) is 0 Å². The molecular formula is C36H36ClNO5S. The van der Waals surface area contributed by atoms with Crippen molar-refractivity contribution in [3.05, 3.63) is 118 Å². The highest BCUT2D eigenvalue weighted by Gasteiger charge is 2.49. The smallest absolute Gasteiger partial charge is 0.339 e. The average Bonchev–Trinajstić information content (AvgIpc) is 2.93. The highest BCUT2D eigenvalue weighted by Crippen LogP contribution is 2.55. The molecule has 0 fully saturated rings. The Bertz CT molecular complexity index is 1770. The molecule has 8 heteroatoms. The van der Waals surface area contributed by atoms with Gasteiger partial charge in [0.25, 0.3) is 0 Å². The van der Waals surface area contributed by atoms with Crippen LogP contribution in [0.1, 0.15) is 70.4 Å². The van der Waals surface area contributed by atoms with Crippen LogP contribution in [0.4, 0.5) is 0 Å². The van der Waals surface area contributed by atoms with Gasteiger partial charge in [0.15, 0.2) is 11.6 Å². The zero-order chi connectivity index (χ0) is 31.4. The second kappa shape index (κ2) is 11.0. The van der Waals surface area contributed by atoms with E-state index in [4.69, 9.17) is 15.8 Å². The molecule has 0 N–H and O–H groups in total. The number of carbonyl (C=O) groups is 2. The predicted molar refractivity (Wildman–Crippen MR) is 171 cm³/mol. The summed E-state index contributed by atoms with van der Waals surface area (Å²) in [5.74, 6) is -0.464. The van der Waals surface area contributed by atoms with Crippen molar-refractivity contribution in [2.75, 3.05) is 0 Å². The van der Waals surface area contributed by atoms with Crippen LogP contribution in [0.5, 0.6) is 5.75 Å². The van der Waals surface area contributed by atoms with E-state index in [0.29, 0.717) is 54.0 Å². The van der Waals surface area contributed by atoms with E-state index in [0.717, 1.165) is 17.0 Å². The highest BCUT2D eigenvalue weighted by molar-refractivity contribution is 7.87. The zero-order valence-electron chi connectivity index (χ0n) is 25.4. The lowest BCUT2D eigenvalue weighted by Gasteiger charge is -2.49. The molecule has 3 aromatic rings. The van der Waals surface area contributed by atoms with Gasteiger partial charge in [0.05, 0.1) is 0 Å². The maximum atomic E-state index is 14.1. The molecule has 0 atom stereocenters. The Morgan fingerprint density at radius 3 is 1.91 bits per heavy atom. The van der Waals surface area contributed by atoms with Gasteiger partial charge < -0.3 is 9.08 Å². The van der Waals surface area contributed by atoms with Gasteiger partial charge in [0.2, 0.25) is 0 Å². The number of hydrogen-bond donors (Lipinski definition) is 0. The fourth-order valence-electron chi connectivity index (χ4n) is 6.86. The van der Waals surface area contributed by atoms with Gasteiger partial charge in [-0.25, -0.2) is 0 Å². The summed E-state index contributed by atoms with van der Waals surface area (Å²) in [4.78, 5) is 30.4. The molecule has 3 aliphatic rings. The van der Waals surface area contributed by atoms with Crippen LogP contribution in [-0.2, 0) is 26.3 Å². The zero-order valence-corrected chi connectivity index (χ0v) is 27.0. The third kappa shape index (κ3) is 5.87. The Kier molecular flexibility index (Phi) is 7.61. The van der Waals surface area contributed by atoms with Crippen LogP contribution in [0.2, 0.25) is 5.02 Å². The fourth-order valence-corrected chi connectivity index (χ4v) is 7.91. The SMILES string of the molecule is CC1(C)CC(=O)C2=C(C1)N(Cc1ccccc1)C1=C(C(=O)CC(C)(C)C1)C2c1cccc(OS(=O)(=O)c2ccc(Cl)cc2)c1. The standard InChI is InChI=1S/C36H36ClNO5S/c1-35(2)18-28-33(30(39)20-35)32(24-11-8-12-26(17-24)43-44(41,42)27-15-13-25(37)14-16-27)34-29(19-36(3,4)21-31(34)40)38(28)22-23-9-6-5-7-10-23/h5-17,32H,18-22H2,1-4H3. The van der Waals surface area contributed by atoms with Gasteiger partial charge in [-0.3, -0.25) is 9.59 Å². The Labute approximate surface area is 264 Å². The summed E-state index contributed by atoms with van der Waals surface area (Å²) in [6.07, 6.45) is 2.10. The maximum absolute atomic E-state index is 14.1. The molecule has 6 rings (SSSR count). The molecule has 0 aromatic heterocycles. The number of allylic oxidation sites excluding steroid dienone is 4. The number of hydrogen-bond acceptors (Lipinski definition) is 6. The van der Waals surface area contributed by atoms with Gasteiger partial charge >= 0.3 is 10.1 Å². The van der Waals surface area contributed by atoms with Crippen LogP contribution in [0, 0.1) is 10.8 Å². The van der Waals surface area contributed by atoms with E-state index in [-0.39, 0.29) is 33.0 Å². The van der Waals surface area contributed by atoms with Crippen molar-refractivity contribution >= 4 is 33.3 Å². The van der Waals surface area contributed by atoms with Crippen LogP contribution in [0.15, 0.2) is 106 Å². The fraction of sp³-hybridized carbons (Fsp3) is 0.333. The first kappa shape index (κ1) is 30.4. The highest BCUT2D eigenvalue weighted by atomic mass is 35.5. The first-order chi connectivity index (χ1) is 20.7. The number of halogens is 1. The lowest BCUT2D eigenvalue weighted by atomic mass is 9.63. The largest absolute Gasteiger partial charge is 0.379 e. The quantitative estimate of drug-likeness (QED) is 0.257. The van der Waals surface area contributed by atoms with Gasteiger partial charge in [-0.2, -0.15) is 8.42 Å². The van der Waals surface area contributed by atoms with E-state index >= 15 is 0 Å². The Balaban J connectivity index is 1.50. The van der Waals surface area contributed by atoms with Gasteiger partial charge in [-0.05, 0) is 71.2 Å². The Hall–Kier alpha value is -3.68. The van der Waals surface area contributed by atoms with Gasteiger partial charge in [0.1, 0.15) is 10.6 Å². The van der Waals surface area contributed by atoms with E-state index in [2.05, 4.69) is 44.7 Å². The molecule has 1 aliphatic heterocycles. The minimum Gasteiger partial charge on any atom is -0.379 e. The van der Waals surface area contributed by atoms with Crippen LogP contribution >= 0.6 is 11.6 Å². The molecule has 3 aromatic carbocycles. The molecule has 0 spiro atoms. The number of Topliss-reactive ketones (excluding diaryl/α,β-unsaturated/α-hetero) is 2. The van der Waals surface area contributed by atoms with E-state index in [1.807, 2.05) is 24.3 Å². The third-order valence-electron chi connectivity index (χ3n) is 8.71. The maximum Gasteiger partial charge on any atom is 0.339 e. The molecule has 1 heterocycles. The van der Waals surface area contributed by atoms with Crippen molar-refractivity contribution in [3.8, 4) is 5.75 Å². The normalized spacial score (nSPS) is 20.0. The molecule has 228 valence electrons. The summed E-state index contributed by atoms with van der Waals surface area (Å²) in [6, 6.07) is 22.7. The molecule has 44 heavy (non-hydrogen) atoms. The van der Waals surface area contributed by atoms with Gasteiger partial charge in [-0.15, -0.1) is 0 Å². The number of rotatable bonds is 6. The number of ketones is 2. The van der Waals surface area contributed by atoms with Crippen LogP contribution in [-0.4, -0.2) is 24.9 Å². The lowest BCUT2D eigenvalue weighted by Crippen LogP contribution is -2.44. The van der Waals surface area contributed by atoms with Crippen molar-refractivity contribution in [2.45, 2.75) is 70.7 Å². The van der Waals surface area contributed by atoms with Crippen molar-refractivity contribution in [1.29, 1.82) is 0 Å². The minimum atomic E-state index is -4.14. The van der Waals surface area contributed by atoms with Gasteiger partial charge in [-0.1, -0.05) is 81.8 Å². The molecule has 0 saturated carbocycles. The van der Waals surface area contributed by atoms with E-state index < -0.39 is 16.0 Å². The second-order valence-corrected chi connectivity index (χ2v) is 15.7. The van der Waals surface area contributed by atoms with Crippen LogP contribution in [0.3, 0.4) is 0 Å². The lowest BCUT2D eigenvalue weighted by molar-refractivity contribution is -0.119. The average molecular weight is 630 g/mol. The summed E-state index contributed by atoms with van der Waals surface area (Å²) in [5, 5.41) is 0.415. The van der Waals surface area contributed by atoms with E-state index in [1.54, 1.807) is 18.2 Å². The number of nitrogens with zero attached hydrogens (tertiary/aromatic N) is 1. The Morgan fingerprint density at radius 2 is 1.34 bits per heavy atom. The van der Waals surface area contributed by atoms with Crippen molar-refractivity contribution in [1.82, 2.24) is 4.90 Å².